The van der Waals surface area contributed by atoms with Crippen LogP contribution in [0.25, 0.3) is 0 Å². The van der Waals surface area contributed by atoms with Gasteiger partial charge in [-0.25, -0.2) is 0 Å². The van der Waals surface area contributed by atoms with Crippen LogP contribution < -0.4 is 4.74 Å². The molecule has 0 aromatic heterocycles. The van der Waals surface area contributed by atoms with Gasteiger partial charge in [0.05, 0.1) is 17.7 Å². The molecule has 0 unspecified atom stereocenters. The normalized spacial score (nSPS) is 17.3. The lowest BCUT2D eigenvalue weighted by molar-refractivity contribution is 0.150. The Bertz CT molecular complexity index is 422. The Hall–Kier alpha value is -0.730. The van der Waals surface area contributed by atoms with Crippen LogP contribution >= 0.6 is 11.6 Å². The van der Waals surface area contributed by atoms with Gasteiger partial charge in [0.15, 0.2) is 0 Å². The molecule has 1 aliphatic rings. The number of hydrogen-bond acceptors (Lipinski definition) is 2. The molecular weight excluding hydrogens is 224 g/mol. The van der Waals surface area contributed by atoms with Crippen molar-refractivity contribution in [2.24, 2.45) is 0 Å². The second-order valence-electron chi connectivity index (χ2n) is 4.73. The van der Waals surface area contributed by atoms with Gasteiger partial charge in [0, 0.05) is 12.0 Å². The molecule has 1 N–H and O–H groups in total. The lowest BCUT2D eigenvalue weighted by Gasteiger charge is -2.16. The molecule has 1 aromatic carbocycles. The summed E-state index contributed by atoms with van der Waals surface area (Å²) in [5.74, 6) is 0.816. The quantitative estimate of drug-likeness (QED) is 0.880. The highest BCUT2D eigenvalue weighted by atomic mass is 35.5. The zero-order valence-electron chi connectivity index (χ0n) is 9.93. The molecule has 0 spiro atoms. The molecule has 2 nitrogen and oxygen atoms in total. The van der Waals surface area contributed by atoms with E-state index in [1.807, 2.05) is 19.9 Å². The Labute approximate surface area is 101 Å². The number of hydrogen-bond donors (Lipinski definition) is 1. The highest BCUT2D eigenvalue weighted by Crippen LogP contribution is 2.42. The van der Waals surface area contributed by atoms with Crippen molar-refractivity contribution in [1.29, 1.82) is 0 Å². The lowest BCUT2D eigenvalue weighted by atomic mass is 9.99. The van der Waals surface area contributed by atoms with Crippen LogP contribution in [0.3, 0.4) is 0 Å². The van der Waals surface area contributed by atoms with Crippen molar-refractivity contribution >= 4 is 11.6 Å². The molecular formula is C13H17ClO2. The summed E-state index contributed by atoms with van der Waals surface area (Å²) in [6, 6.07) is 2.02. The lowest BCUT2D eigenvalue weighted by Crippen LogP contribution is -2.12. The van der Waals surface area contributed by atoms with Gasteiger partial charge in [0.2, 0.25) is 0 Å². The number of methoxy groups -OCH3 is 1. The maximum Gasteiger partial charge on any atom is 0.126 e. The minimum absolute atomic E-state index is 0.500. The van der Waals surface area contributed by atoms with Gasteiger partial charge in [-0.15, -0.1) is 0 Å². The van der Waals surface area contributed by atoms with Crippen LogP contribution in [0.15, 0.2) is 6.07 Å². The van der Waals surface area contributed by atoms with Crippen molar-refractivity contribution in [3.8, 4) is 5.75 Å². The molecule has 0 aliphatic heterocycles. The summed E-state index contributed by atoms with van der Waals surface area (Å²) in [7, 11) is 1.65. The van der Waals surface area contributed by atoms with E-state index in [1.165, 1.54) is 0 Å². The maximum atomic E-state index is 9.96. The fourth-order valence-corrected chi connectivity index (χ4v) is 2.26. The number of benzene rings is 1. The van der Waals surface area contributed by atoms with Crippen LogP contribution in [0.5, 0.6) is 5.75 Å². The molecule has 0 atom stereocenters. The van der Waals surface area contributed by atoms with Crippen molar-refractivity contribution in [1.82, 2.24) is 0 Å². The highest BCUT2D eigenvalue weighted by molar-refractivity contribution is 6.32. The Morgan fingerprint density at radius 1 is 1.44 bits per heavy atom. The van der Waals surface area contributed by atoms with Gasteiger partial charge in [-0.1, -0.05) is 17.7 Å². The van der Waals surface area contributed by atoms with Gasteiger partial charge in [-0.3, -0.25) is 0 Å². The summed E-state index contributed by atoms with van der Waals surface area (Å²) in [4.78, 5) is 0. The molecule has 0 heterocycles. The first-order valence-corrected chi connectivity index (χ1v) is 5.89. The van der Waals surface area contributed by atoms with E-state index >= 15 is 0 Å². The maximum absolute atomic E-state index is 9.96. The summed E-state index contributed by atoms with van der Waals surface area (Å²) in [5, 5.41) is 10.7. The van der Waals surface area contributed by atoms with Crippen LogP contribution in [0.1, 0.15) is 29.5 Å². The average Bonchev–Trinajstić information content (AvgIpc) is 2.93. The predicted octanol–water partition coefficient (Wildman–Crippen LogP) is 3.03. The van der Waals surface area contributed by atoms with E-state index in [0.29, 0.717) is 6.42 Å². The number of halogens is 1. The molecule has 0 bridgehead atoms. The molecule has 16 heavy (non-hydrogen) atoms. The van der Waals surface area contributed by atoms with Gasteiger partial charge in [0.1, 0.15) is 5.75 Å². The fourth-order valence-electron chi connectivity index (χ4n) is 2.12. The third kappa shape index (κ3) is 2.04. The summed E-state index contributed by atoms with van der Waals surface area (Å²) < 4.78 is 5.39. The molecule has 88 valence electrons. The predicted molar refractivity (Wildman–Crippen MR) is 65.4 cm³/mol. The third-order valence-corrected chi connectivity index (χ3v) is 3.83. The summed E-state index contributed by atoms with van der Waals surface area (Å²) in [6.45, 7) is 3.93. The molecule has 3 heteroatoms. The summed E-state index contributed by atoms with van der Waals surface area (Å²) >= 11 is 6.18. The number of ether oxygens (including phenoxy) is 1. The standard InChI is InChI=1S/C13H17ClO2/c1-8-6-10(7-13(15)4-5-13)12(16-3)9(2)11(8)14/h6,15H,4-5,7H2,1-3H3. The molecule has 1 fully saturated rings. The Morgan fingerprint density at radius 2 is 2.06 bits per heavy atom. The zero-order valence-corrected chi connectivity index (χ0v) is 10.7. The molecule has 1 aromatic rings. The van der Waals surface area contributed by atoms with Gasteiger partial charge in [0.25, 0.3) is 0 Å². The molecule has 0 amide bonds. The van der Waals surface area contributed by atoms with Crippen LogP contribution in [0.2, 0.25) is 5.02 Å². The first kappa shape index (κ1) is 11.7. The Morgan fingerprint density at radius 3 is 2.56 bits per heavy atom. The topological polar surface area (TPSA) is 29.5 Å². The van der Waals surface area contributed by atoms with E-state index in [9.17, 15) is 5.11 Å². The third-order valence-electron chi connectivity index (χ3n) is 3.25. The van der Waals surface area contributed by atoms with Crippen molar-refractivity contribution < 1.29 is 9.84 Å². The first-order chi connectivity index (χ1) is 7.47. The number of rotatable bonds is 3. The van der Waals surface area contributed by atoms with Crippen LogP contribution in [0.4, 0.5) is 0 Å². The second kappa shape index (κ2) is 3.94. The van der Waals surface area contributed by atoms with E-state index in [1.54, 1.807) is 7.11 Å². The van der Waals surface area contributed by atoms with Crippen molar-refractivity contribution in [2.75, 3.05) is 7.11 Å². The second-order valence-corrected chi connectivity index (χ2v) is 5.10. The number of aryl methyl sites for hydroxylation is 1. The highest BCUT2D eigenvalue weighted by Gasteiger charge is 2.41. The van der Waals surface area contributed by atoms with E-state index in [4.69, 9.17) is 16.3 Å². The SMILES string of the molecule is COc1c(CC2(O)CC2)cc(C)c(Cl)c1C. The smallest absolute Gasteiger partial charge is 0.126 e. The van der Waals surface area contributed by atoms with Crippen molar-refractivity contribution in [3.63, 3.8) is 0 Å². The molecule has 1 saturated carbocycles. The van der Waals surface area contributed by atoms with E-state index < -0.39 is 5.60 Å². The van der Waals surface area contributed by atoms with Gasteiger partial charge in [-0.2, -0.15) is 0 Å². The zero-order chi connectivity index (χ0) is 11.9. The average molecular weight is 241 g/mol. The summed E-state index contributed by atoms with van der Waals surface area (Å²) in [6.07, 6.45) is 2.43. The minimum Gasteiger partial charge on any atom is -0.496 e. The van der Waals surface area contributed by atoms with Crippen molar-refractivity contribution in [3.05, 3.63) is 27.8 Å². The minimum atomic E-state index is -0.500. The molecule has 0 radical (unpaired) electrons. The van der Waals surface area contributed by atoms with Gasteiger partial charge >= 0.3 is 0 Å². The fraction of sp³-hybridized carbons (Fsp3) is 0.538. The molecule has 2 rings (SSSR count). The molecule has 1 aliphatic carbocycles. The van der Waals surface area contributed by atoms with Crippen LogP contribution in [-0.4, -0.2) is 17.8 Å². The molecule has 0 saturated heterocycles. The number of aliphatic hydroxyl groups is 1. The summed E-state index contributed by atoms with van der Waals surface area (Å²) in [5.41, 5.74) is 2.56. The monoisotopic (exact) mass is 240 g/mol. The first-order valence-electron chi connectivity index (χ1n) is 5.52. The van der Waals surface area contributed by atoms with Gasteiger partial charge in [-0.05, 0) is 37.8 Å². The van der Waals surface area contributed by atoms with Crippen LogP contribution in [-0.2, 0) is 6.42 Å². The van der Waals surface area contributed by atoms with E-state index in [0.717, 1.165) is 40.3 Å². The Balaban J connectivity index is 2.43. The van der Waals surface area contributed by atoms with E-state index in [-0.39, 0.29) is 0 Å². The van der Waals surface area contributed by atoms with Crippen LogP contribution in [0, 0.1) is 13.8 Å². The van der Waals surface area contributed by atoms with E-state index in [2.05, 4.69) is 0 Å². The Kier molecular flexibility index (Phi) is 2.89. The largest absolute Gasteiger partial charge is 0.496 e. The van der Waals surface area contributed by atoms with Gasteiger partial charge < -0.3 is 9.84 Å². The van der Waals surface area contributed by atoms with Crippen molar-refractivity contribution in [2.45, 2.75) is 38.7 Å².